The molecule has 1 atom stereocenters. The summed E-state index contributed by atoms with van der Waals surface area (Å²) in [7, 11) is 0. The van der Waals surface area contributed by atoms with E-state index in [1.807, 2.05) is 0 Å². The predicted octanol–water partition coefficient (Wildman–Crippen LogP) is 3.57. The van der Waals surface area contributed by atoms with E-state index in [9.17, 15) is 0 Å². The van der Waals surface area contributed by atoms with Gasteiger partial charge in [-0.05, 0) is 13.8 Å². The molecule has 0 saturated carbocycles. The summed E-state index contributed by atoms with van der Waals surface area (Å²) in [5.74, 6) is 0.537. The first-order valence-corrected chi connectivity index (χ1v) is 5.51. The predicted molar refractivity (Wildman–Crippen MR) is 58.3 cm³/mol. The van der Waals surface area contributed by atoms with Crippen LogP contribution in [0.25, 0.3) is 0 Å². The highest BCUT2D eigenvalue weighted by Crippen LogP contribution is 2.29. The average molecular weight is 201 g/mol. The van der Waals surface area contributed by atoms with Crippen LogP contribution < -0.4 is 0 Å². The van der Waals surface area contributed by atoms with Crippen LogP contribution in [-0.4, -0.2) is 4.98 Å². The van der Waals surface area contributed by atoms with E-state index < -0.39 is 0 Å². The third-order valence-corrected chi connectivity index (χ3v) is 3.27. The van der Waals surface area contributed by atoms with Crippen LogP contribution in [0.15, 0.2) is 0 Å². The normalized spacial score (nSPS) is 13.8. The molecule has 0 amide bonds. The van der Waals surface area contributed by atoms with E-state index in [0.29, 0.717) is 5.92 Å². The third kappa shape index (κ3) is 2.02. The fourth-order valence-corrected chi connectivity index (χ4v) is 2.42. The Morgan fingerprint density at radius 1 is 1.33 bits per heavy atom. The van der Waals surface area contributed by atoms with Crippen LogP contribution in [0.4, 0.5) is 0 Å². The zero-order chi connectivity index (χ0) is 9.30. The largest absolute Gasteiger partial charge is 0.245 e. The van der Waals surface area contributed by atoms with Gasteiger partial charge in [0.1, 0.15) is 0 Å². The molecule has 1 rings (SSSR count). The van der Waals surface area contributed by atoms with Crippen molar-refractivity contribution in [3.63, 3.8) is 0 Å². The summed E-state index contributed by atoms with van der Waals surface area (Å²) in [6.45, 7) is 8.53. The molecule has 0 aliphatic rings. The van der Waals surface area contributed by atoms with E-state index in [4.69, 9.17) is 0 Å². The summed E-state index contributed by atoms with van der Waals surface area (Å²) >= 11 is 6.17. The first-order valence-electron chi connectivity index (χ1n) is 4.17. The standard InChI is InChI=1S/C9H15NS2/c1-5(2)9-10-8(6(3)11)7(4)12-9/h5-6,11H,1-4H3. The van der Waals surface area contributed by atoms with E-state index in [1.165, 1.54) is 9.88 Å². The third-order valence-electron chi connectivity index (χ3n) is 1.74. The Balaban J connectivity index is 3.00. The molecule has 0 aromatic carbocycles. The summed E-state index contributed by atoms with van der Waals surface area (Å²) in [4.78, 5) is 5.86. The van der Waals surface area contributed by atoms with Crippen LogP contribution in [0.2, 0.25) is 0 Å². The summed E-state index contributed by atoms with van der Waals surface area (Å²) in [6.07, 6.45) is 0. The second-order valence-electron chi connectivity index (χ2n) is 3.32. The zero-order valence-electron chi connectivity index (χ0n) is 7.96. The van der Waals surface area contributed by atoms with Crippen LogP contribution in [0.1, 0.15) is 47.5 Å². The molecule has 0 spiro atoms. The minimum atomic E-state index is 0.258. The van der Waals surface area contributed by atoms with Gasteiger partial charge in [0.2, 0.25) is 0 Å². The number of thiazole rings is 1. The van der Waals surface area contributed by atoms with E-state index in [0.717, 1.165) is 5.69 Å². The van der Waals surface area contributed by atoms with E-state index >= 15 is 0 Å². The number of hydrogen-bond donors (Lipinski definition) is 1. The average Bonchev–Trinajstić information content (AvgIpc) is 2.30. The number of aryl methyl sites for hydroxylation is 1. The maximum atomic E-state index is 4.55. The molecule has 0 bridgehead atoms. The van der Waals surface area contributed by atoms with Gasteiger partial charge in [-0.3, -0.25) is 0 Å². The lowest BCUT2D eigenvalue weighted by atomic mass is 10.2. The molecule has 0 saturated heterocycles. The maximum Gasteiger partial charge on any atom is 0.0956 e. The molecule has 0 aliphatic heterocycles. The molecule has 3 heteroatoms. The van der Waals surface area contributed by atoms with Gasteiger partial charge in [-0.15, -0.1) is 11.3 Å². The monoisotopic (exact) mass is 201 g/mol. The number of rotatable bonds is 2. The molecule has 12 heavy (non-hydrogen) atoms. The number of hydrogen-bond acceptors (Lipinski definition) is 3. The van der Waals surface area contributed by atoms with Gasteiger partial charge in [0, 0.05) is 16.0 Å². The highest BCUT2D eigenvalue weighted by atomic mass is 32.1. The fraction of sp³-hybridized carbons (Fsp3) is 0.667. The first kappa shape index (κ1) is 10.1. The van der Waals surface area contributed by atoms with Crippen molar-refractivity contribution >= 4 is 24.0 Å². The van der Waals surface area contributed by atoms with Crippen molar-refractivity contribution in [2.24, 2.45) is 0 Å². The lowest BCUT2D eigenvalue weighted by Gasteiger charge is -1.99. The molecule has 0 aliphatic carbocycles. The minimum absolute atomic E-state index is 0.258. The number of thiol groups is 1. The van der Waals surface area contributed by atoms with Gasteiger partial charge in [-0.1, -0.05) is 13.8 Å². The van der Waals surface area contributed by atoms with Gasteiger partial charge >= 0.3 is 0 Å². The molecule has 68 valence electrons. The van der Waals surface area contributed by atoms with E-state index in [-0.39, 0.29) is 5.25 Å². The molecule has 1 unspecified atom stereocenters. The van der Waals surface area contributed by atoms with Crippen LogP contribution in [-0.2, 0) is 0 Å². The SMILES string of the molecule is Cc1sc(C(C)C)nc1C(C)S. The van der Waals surface area contributed by atoms with Crippen molar-refractivity contribution in [2.45, 2.75) is 38.9 Å². The van der Waals surface area contributed by atoms with Crippen molar-refractivity contribution < 1.29 is 0 Å². The van der Waals surface area contributed by atoms with Gasteiger partial charge in [0.05, 0.1) is 10.7 Å². The Hall–Kier alpha value is -0.0200. The fourth-order valence-electron chi connectivity index (χ4n) is 1.06. The van der Waals surface area contributed by atoms with Gasteiger partial charge in [-0.2, -0.15) is 12.6 Å². The molecular formula is C9H15NS2. The van der Waals surface area contributed by atoms with E-state index in [1.54, 1.807) is 11.3 Å². The summed E-state index contributed by atoms with van der Waals surface area (Å²) < 4.78 is 0. The Morgan fingerprint density at radius 3 is 2.17 bits per heavy atom. The molecule has 0 N–H and O–H groups in total. The summed E-state index contributed by atoms with van der Waals surface area (Å²) in [6, 6.07) is 0. The Morgan fingerprint density at radius 2 is 1.92 bits per heavy atom. The quantitative estimate of drug-likeness (QED) is 0.722. The summed E-state index contributed by atoms with van der Waals surface area (Å²) in [5, 5.41) is 1.48. The lowest BCUT2D eigenvalue weighted by Crippen LogP contribution is -1.90. The maximum absolute atomic E-state index is 4.55. The van der Waals surface area contributed by atoms with Crippen molar-refractivity contribution in [3.05, 3.63) is 15.6 Å². The molecular weight excluding hydrogens is 186 g/mol. The lowest BCUT2D eigenvalue weighted by molar-refractivity contribution is 0.837. The molecule has 1 heterocycles. The van der Waals surface area contributed by atoms with Gasteiger partial charge in [0.25, 0.3) is 0 Å². The first-order chi connectivity index (χ1) is 5.52. The molecule has 0 radical (unpaired) electrons. The Labute approximate surface area is 83.6 Å². The highest BCUT2D eigenvalue weighted by molar-refractivity contribution is 7.80. The second-order valence-corrected chi connectivity index (χ2v) is 5.33. The number of aromatic nitrogens is 1. The van der Waals surface area contributed by atoms with Gasteiger partial charge in [0.15, 0.2) is 0 Å². The Kier molecular flexibility index (Phi) is 3.18. The molecule has 1 aromatic heterocycles. The number of nitrogens with zero attached hydrogens (tertiary/aromatic N) is 1. The van der Waals surface area contributed by atoms with Crippen molar-refractivity contribution in [3.8, 4) is 0 Å². The van der Waals surface area contributed by atoms with Crippen molar-refractivity contribution in [1.82, 2.24) is 4.98 Å². The molecule has 1 aromatic rings. The van der Waals surface area contributed by atoms with Gasteiger partial charge < -0.3 is 0 Å². The van der Waals surface area contributed by atoms with Crippen molar-refractivity contribution in [2.75, 3.05) is 0 Å². The smallest absolute Gasteiger partial charge is 0.0956 e. The molecule has 0 fully saturated rings. The highest BCUT2D eigenvalue weighted by Gasteiger charge is 2.12. The van der Waals surface area contributed by atoms with Crippen LogP contribution >= 0.6 is 24.0 Å². The minimum Gasteiger partial charge on any atom is -0.245 e. The topological polar surface area (TPSA) is 12.9 Å². The Bertz CT molecular complexity index is 263. The summed E-state index contributed by atoms with van der Waals surface area (Å²) in [5.41, 5.74) is 1.15. The molecule has 1 nitrogen and oxygen atoms in total. The van der Waals surface area contributed by atoms with Crippen molar-refractivity contribution in [1.29, 1.82) is 0 Å². The van der Waals surface area contributed by atoms with Crippen LogP contribution in [0, 0.1) is 6.92 Å². The second kappa shape index (κ2) is 3.79. The van der Waals surface area contributed by atoms with E-state index in [2.05, 4.69) is 45.3 Å². The van der Waals surface area contributed by atoms with Crippen LogP contribution in [0.5, 0.6) is 0 Å². The van der Waals surface area contributed by atoms with Gasteiger partial charge in [-0.25, -0.2) is 4.98 Å². The zero-order valence-corrected chi connectivity index (χ0v) is 9.67. The van der Waals surface area contributed by atoms with Crippen LogP contribution in [0.3, 0.4) is 0 Å².